The Bertz CT molecular complexity index is 513. The number of carboxylic acids is 1. The average molecular weight is 330 g/mol. The Labute approximate surface area is 135 Å². The number of carboxylic acid groups (broad SMARTS) is 1. The summed E-state index contributed by atoms with van der Waals surface area (Å²) in [6, 6.07) is 5.28. The molecule has 0 aliphatic carbocycles. The Morgan fingerprint density at radius 2 is 1.86 bits per heavy atom. The topological polar surface area (TPSA) is 40.5 Å². The third-order valence-corrected chi connectivity index (χ3v) is 4.87. The number of rotatable bonds is 4. The Kier molecular flexibility index (Phi) is 5.53. The second-order valence-electron chi connectivity index (χ2n) is 5.87. The molecule has 0 bridgehead atoms. The Balaban J connectivity index is 2.44. The molecular weight excluding hydrogens is 309 g/mol. The van der Waals surface area contributed by atoms with Crippen LogP contribution in [0.1, 0.15) is 44.6 Å². The predicted octanol–water partition coefficient (Wildman–Crippen LogP) is 4.56. The van der Waals surface area contributed by atoms with Gasteiger partial charge in [0, 0.05) is 10.0 Å². The van der Waals surface area contributed by atoms with Gasteiger partial charge in [-0.3, -0.25) is 9.69 Å². The second kappa shape index (κ2) is 6.99. The molecule has 1 N–H and O–H groups in total. The maximum absolute atomic E-state index is 11.4. The van der Waals surface area contributed by atoms with E-state index in [-0.39, 0.29) is 6.42 Å². The number of aliphatic carboxylic acids is 1. The van der Waals surface area contributed by atoms with E-state index < -0.39 is 11.5 Å². The fourth-order valence-corrected chi connectivity index (χ4v) is 3.64. The maximum Gasteiger partial charge on any atom is 0.305 e. The van der Waals surface area contributed by atoms with E-state index >= 15 is 0 Å². The van der Waals surface area contributed by atoms with Crippen LogP contribution in [0.25, 0.3) is 0 Å². The highest BCUT2D eigenvalue weighted by molar-refractivity contribution is 6.33. The highest BCUT2D eigenvalue weighted by atomic mass is 35.5. The van der Waals surface area contributed by atoms with Gasteiger partial charge in [-0.2, -0.15) is 0 Å². The number of hydrogen-bond acceptors (Lipinski definition) is 2. The number of benzene rings is 1. The quantitative estimate of drug-likeness (QED) is 0.880. The first-order valence-corrected chi connectivity index (χ1v) is 8.11. The van der Waals surface area contributed by atoms with Crippen molar-refractivity contribution in [1.82, 2.24) is 4.90 Å². The summed E-state index contributed by atoms with van der Waals surface area (Å²) in [5.41, 5.74) is 0.180. The van der Waals surface area contributed by atoms with Crippen LogP contribution >= 0.6 is 23.2 Å². The zero-order valence-electron chi connectivity index (χ0n) is 12.2. The first kappa shape index (κ1) is 16.6. The normalized spacial score (nSPS) is 19.8. The molecule has 0 saturated carbocycles. The van der Waals surface area contributed by atoms with Gasteiger partial charge in [0.25, 0.3) is 0 Å². The summed E-state index contributed by atoms with van der Waals surface area (Å²) in [6.45, 7) is 3.75. The molecule has 2 rings (SSSR count). The van der Waals surface area contributed by atoms with E-state index in [0.717, 1.165) is 31.5 Å². The molecule has 21 heavy (non-hydrogen) atoms. The summed E-state index contributed by atoms with van der Waals surface area (Å²) in [5, 5.41) is 10.5. The molecule has 1 fully saturated rings. The number of nitrogens with zero attached hydrogens (tertiary/aromatic N) is 1. The van der Waals surface area contributed by atoms with Gasteiger partial charge < -0.3 is 5.11 Å². The molecule has 1 heterocycles. The van der Waals surface area contributed by atoms with Crippen molar-refractivity contribution in [1.29, 1.82) is 0 Å². The van der Waals surface area contributed by atoms with Gasteiger partial charge >= 0.3 is 5.97 Å². The van der Waals surface area contributed by atoms with Crippen molar-refractivity contribution in [2.45, 2.75) is 44.6 Å². The summed E-state index contributed by atoms with van der Waals surface area (Å²) < 4.78 is 0. The minimum atomic E-state index is -0.821. The molecule has 0 aromatic heterocycles. The lowest BCUT2D eigenvalue weighted by atomic mass is 9.86. The monoisotopic (exact) mass is 329 g/mol. The van der Waals surface area contributed by atoms with Crippen molar-refractivity contribution >= 4 is 29.2 Å². The Morgan fingerprint density at radius 3 is 2.43 bits per heavy atom. The fraction of sp³-hybridized carbons (Fsp3) is 0.562. The van der Waals surface area contributed by atoms with Gasteiger partial charge in [-0.05, 0) is 56.6 Å². The smallest absolute Gasteiger partial charge is 0.305 e. The molecule has 3 nitrogen and oxygen atoms in total. The summed E-state index contributed by atoms with van der Waals surface area (Å²) >= 11 is 12.5. The highest BCUT2D eigenvalue weighted by Crippen LogP contribution is 2.39. The van der Waals surface area contributed by atoms with Crippen molar-refractivity contribution in [3.05, 3.63) is 33.8 Å². The third kappa shape index (κ3) is 3.91. The Hall–Kier alpha value is -0.770. The Morgan fingerprint density at radius 1 is 1.24 bits per heavy atom. The van der Waals surface area contributed by atoms with E-state index in [9.17, 15) is 9.90 Å². The lowest BCUT2D eigenvalue weighted by molar-refractivity contribution is -0.140. The van der Waals surface area contributed by atoms with Gasteiger partial charge in [-0.1, -0.05) is 36.0 Å². The van der Waals surface area contributed by atoms with Crippen molar-refractivity contribution in [3.8, 4) is 0 Å². The van der Waals surface area contributed by atoms with Crippen LogP contribution in [-0.4, -0.2) is 29.1 Å². The molecular formula is C16H21Cl2NO2. The SMILES string of the molecule is CC(CC(=O)O)(c1cc(Cl)ccc1Cl)N1CCCCCC1. The van der Waals surface area contributed by atoms with Crippen molar-refractivity contribution < 1.29 is 9.90 Å². The molecule has 5 heteroatoms. The van der Waals surface area contributed by atoms with Crippen LogP contribution in [0, 0.1) is 0 Å². The maximum atomic E-state index is 11.4. The van der Waals surface area contributed by atoms with Crippen LogP contribution in [0.15, 0.2) is 18.2 Å². The van der Waals surface area contributed by atoms with Crippen LogP contribution in [0.3, 0.4) is 0 Å². The lowest BCUT2D eigenvalue weighted by Crippen LogP contribution is -2.46. The van der Waals surface area contributed by atoms with Crippen molar-refractivity contribution in [2.24, 2.45) is 0 Å². The number of likely N-dealkylation sites (tertiary alicyclic amines) is 1. The summed E-state index contributed by atoms with van der Waals surface area (Å²) in [5.74, 6) is -0.821. The molecule has 1 aromatic rings. The standard InChI is InChI=1S/C16H21Cl2NO2/c1-16(11-15(20)21,19-8-4-2-3-5-9-19)13-10-12(17)6-7-14(13)18/h6-7,10H,2-5,8-9,11H2,1H3,(H,20,21). The summed E-state index contributed by atoms with van der Waals surface area (Å²) in [6.07, 6.45) is 4.60. The van der Waals surface area contributed by atoms with Crippen LogP contribution in [0.4, 0.5) is 0 Å². The van der Waals surface area contributed by atoms with Gasteiger partial charge in [0.05, 0.1) is 12.0 Å². The molecule has 0 amide bonds. The third-order valence-electron chi connectivity index (χ3n) is 4.31. The number of hydrogen-bond donors (Lipinski definition) is 1. The van der Waals surface area contributed by atoms with E-state index in [4.69, 9.17) is 23.2 Å². The molecule has 0 radical (unpaired) electrons. The summed E-state index contributed by atoms with van der Waals surface area (Å²) in [4.78, 5) is 13.7. The molecule has 1 atom stereocenters. The fourth-order valence-electron chi connectivity index (χ4n) is 3.15. The average Bonchev–Trinajstić information content (AvgIpc) is 2.70. The van der Waals surface area contributed by atoms with Gasteiger partial charge in [-0.25, -0.2) is 0 Å². The number of halogens is 2. The molecule has 116 valence electrons. The minimum Gasteiger partial charge on any atom is -0.481 e. The highest BCUT2D eigenvalue weighted by Gasteiger charge is 2.37. The molecule has 1 unspecified atom stereocenters. The number of carbonyl (C=O) groups is 1. The van der Waals surface area contributed by atoms with Crippen LogP contribution in [-0.2, 0) is 10.3 Å². The lowest BCUT2D eigenvalue weighted by Gasteiger charge is -2.41. The van der Waals surface area contributed by atoms with E-state index in [1.54, 1.807) is 18.2 Å². The molecule has 1 aromatic carbocycles. The summed E-state index contributed by atoms with van der Waals surface area (Å²) in [7, 11) is 0. The zero-order chi connectivity index (χ0) is 15.5. The molecule has 0 spiro atoms. The van der Waals surface area contributed by atoms with Gasteiger partial charge in [0.2, 0.25) is 0 Å². The van der Waals surface area contributed by atoms with E-state index in [1.165, 1.54) is 12.8 Å². The molecule has 1 aliphatic rings. The van der Waals surface area contributed by atoms with Gasteiger partial charge in [-0.15, -0.1) is 0 Å². The van der Waals surface area contributed by atoms with Gasteiger partial charge in [0.15, 0.2) is 0 Å². The van der Waals surface area contributed by atoms with Gasteiger partial charge in [0.1, 0.15) is 0 Å². The van der Waals surface area contributed by atoms with E-state index in [2.05, 4.69) is 4.90 Å². The van der Waals surface area contributed by atoms with E-state index in [1.807, 2.05) is 6.92 Å². The second-order valence-corrected chi connectivity index (χ2v) is 6.71. The minimum absolute atomic E-state index is 0.0209. The largest absolute Gasteiger partial charge is 0.481 e. The zero-order valence-corrected chi connectivity index (χ0v) is 13.8. The van der Waals surface area contributed by atoms with Crippen LogP contribution < -0.4 is 0 Å². The molecule has 1 saturated heterocycles. The first-order chi connectivity index (χ1) is 9.93. The van der Waals surface area contributed by atoms with Crippen LogP contribution in [0.5, 0.6) is 0 Å². The first-order valence-electron chi connectivity index (χ1n) is 7.36. The van der Waals surface area contributed by atoms with Crippen molar-refractivity contribution in [2.75, 3.05) is 13.1 Å². The van der Waals surface area contributed by atoms with Crippen molar-refractivity contribution in [3.63, 3.8) is 0 Å². The predicted molar refractivity (Wildman–Crippen MR) is 86.1 cm³/mol. The van der Waals surface area contributed by atoms with Crippen LogP contribution in [0.2, 0.25) is 10.0 Å². The van der Waals surface area contributed by atoms with E-state index in [0.29, 0.717) is 10.0 Å². The molecule has 1 aliphatic heterocycles.